The second-order valence-corrected chi connectivity index (χ2v) is 13.2. The van der Waals surface area contributed by atoms with Crippen LogP contribution in [0, 0.1) is 20.8 Å². The number of hydrogen-bond acceptors (Lipinski definition) is 2. The van der Waals surface area contributed by atoms with E-state index in [1.807, 2.05) is 0 Å². The van der Waals surface area contributed by atoms with E-state index >= 15 is 0 Å². The summed E-state index contributed by atoms with van der Waals surface area (Å²) in [5.41, 5.74) is 4.24. The predicted octanol–water partition coefficient (Wildman–Crippen LogP) is 4.26. The van der Waals surface area contributed by atoms with E-state index in [0.29, 0.717) is 0 Å². The summed E-state index contributed by atoms with van der Waals surface area (Å²) < 4.78 is 10.6. The molecule has 0 radical (unpaired) electrons. The minimum Gasteiger partial charge on any atom is -1.00 e. The van der Waals surface area contributed by atoms with Gasteiger partial charge < -0.3 is 26.5 Å². The molecule has 0 aliphatic rings. The van der Waals surface area contributed by atoms with Gasteiger partial charge in [-0.25, -0.2) is 0 Å². The summed E-state index contributed by atoms with van der Waals surface area (Å²) in [6.07, 6.45) is 9.67. The van der Waals surface area contributed by atoms with Gasteiger partial charge in [0, 0.05) is 14.2 Å². The largest absolute Gasteiger partial charge is 1.00 e. The molecule has 0 unspecified atom stereocenters. The maximum atomic E-state index is 5.32. The monoisotopic (exact) mass is 570 g/mol. The molecule has 0 aliphatic carbocycles. The molecule has 0 aliphatic heterocycles. The second-order valence-electron chi connectivity index (χ2n) is 9.70. The van der Waals surface area contributed by atoms with Crippen molar-refractivity contribution in [2.24, 2.45) is 0 Å². The summed E-state index contributed by atoms with van der Waals surface area (Å²) in [6.45, 7) is 6.90. The summed E-state index contributed by atoms with van der Waals surface area (Å²) in [4.78, 5) is 0. The molecule has 3 rings (SSSR count). The number of aryl methyl sites for hydroxylation is 3. The van der Waals surface area contributed by atoms with Crippen molar-refractivity contribution in [1.82, 2.24) is 0 Å². The van der Waals surface area contributed by atoms with Crippen LogP contribution >= 0.6 is 7.26 Å². The van der Waals surface area contributed by atoms with E-state index in [-0.39, 0.29) is 23.3 Å². The van der Waals surface area contributed by atoms with Crippen LogP contribution in [0.3, 0.4) is 0 Å². The predicted molar refractivity (Wildman–Crippen MR) is 154 cm³/mol. The van der Waals surface area contributed by atoms with E-state index in [9.17, 15) is 0 Å². The van der Waals surface area contributed by atoms with E-state index in [1.165, 1.54) is 61.4 Å². The topological polar surface area (TPSA) is 18.5 Å². The first-order valence-electron chi connectivity index (χ1n) is 13.2. The zero-order valence-corrected chi connectivity index (χ0v) is 25.3. The SMILES string of the molecule is COC(CCCCCCCC[P+](c1ccccc1C)(c1ccccc1C)c1ccccc1C)OC.[Br-]. The smallest absolute Gasteiger partial charge is 0.156 e. The van der Waals surface area contributed by atoms with Crippen LogP contribution in [0.5, 0.6) is 0 Å². The third kappa shape index (κ3) is 7.51. The van der Waals surface area contributed by atoms with Gasteiger partial charge in [-0.1, -0.05) is 73.9 Å². The Morgan fingerprint density at radius 2 is 0.917 bits per heavy atom. The highest BCUT2D eigenvalue weighted by Gasteiger charge is 2.47. The van der Waals surface area contributed by atoms with Crippen molar-refractivity contribution in [3.05, 3.63) is 89.5 Å². The van der Waals surface area contributed by atoms with Gasteiger partial charge in [0.2, 0.25) is 0 Å². The Bertz CT molecular complexity index is 937. The summed E-state index contributed by atoms with van der Waals surface area (Å²) in [5.74, 6) is 0. The molecule has 4 heteroatoms. The Balaban J connectivity index is 0.00000456. The molecule has 3 aromatic carbocycles. The Morgan fingerprint density at radius 3 is 1.31 bits per heavy atom. The van der Waals surface area contributed by atoms with E-state index in [0.717, 1.165) is 6.42 Å². The second kappa shape index (κ2) is 15.7. The molecule has 3 aromatic rings. The molecule has 196 valence electrons. The van der Waals surface area contributed by atoms with Crippen LogP contribution < -0.4 is 32.9 Å². The number of hydrogen-bond donors (Lipinski definition) is 0. The highest BCUT2D eigenvalue weighted by atomic mass is 79.9. The third-order valence-electron chi connectivity index (χ3n) is 7.29. The minimum absolute atomic E-state index is 0. The standard InChI is InChI=1S/C32H44O2P.BrH/c1-26-18-11-14-21-29(26)35(30-22-15-12-19-27(30)2,31-23-16-13-20-28(31)3)25-17-9-7-6-8-10-24-32(33-4)34-5;/h11-16,18-23,32H,6-10,17,24-25H2,1-5H3;1H/q+1;/p-1. The average Bonchev–Trinajstić information content (AvgIpc) is 2.87. The zero-order valence-electron chi connectivity index (χ0n) is 22.8. The van der Waals surface area contributed by atoms with Gasteiger partial charge in [-0.3, -0.25) is 0 Å². The molecule has 0 amide bonds. The molecule has 2 nitrogen and oxygen atoms in total. The van der Waals surface area contributed by atoms with Crippen LogP contribution in [0.4, 0.5) is 0 Å². The maximum Gasteiger partial charge on any atom is 0.156 e. The Kier molecular flexibility index (Phi) is 13.4. The molecule has 0 aromatic heterocycles. The first-order valence-corrected chi connectivity index (χ1v) is 15.1. The molecular weight excluding hydrogens is 527 g/mol. The first-order chi connectivity index (χ1) is 17.0. The van der Waals surface area contributed by atoms with Gasteiger partial charge in [0.1, 0.15) is 23.2 Å². The van der Waals surface area contributed by atoms with Crippen molar-refractivity contribution in [1.29, 1.82) is 0 Å². The molecule has 0 spiro atoms. The molecule has 0 bridgehead atoms. The fourth-order valence-electron chi connectivity index (χ4n) is 5.42. The van der Waals surface area contributed by atoms with Gasteiger partial charge in [0.15, 0.2) is 6.29 Å². The highest BCUT2D eigenvalue weighted by Crippen LogP contribution is 2.58. The van der Waals surface area contributed by atoms with Gasteiger partial charge in [-0.2, -0.15) is 0 Å². The van der Waals surface area contributed by atoms with Crippen molar-refractivity contribution < 1.29 is 26.5 Å². The van der Waals surface area contributed by atoms with Crippen LogP contribution in [0.15, 0.2) is 72.8 Å². The molecule has 0 fully saturated rings. The summed E-state index contributed by atoms with van der Waals surface area (Å²) in [7, 11) is 1.66. The lowest BCUT2D eigenvalue weighted by atomic mass is 10.1. The number of unbranched alkanes of at least 4 members (excludes halogenated alkanes) is 5. The Hall–Kier alpha value is -1.51. The van der Waals surface area contributed by atoms with Crippen molar-refractivity contribution in [2.45, 2.75) is 72.0 Å². The van der Waals surface area contributed by atoms with E-state index in [2.05, 4.69) is 93.6 Å². The van der Waals surface area contributed by atoms with Crippen LogP contribution in [0.1, 0.15) is 61.6 Å². The molecular formula is C32H44BrO2P. The van der Waals surface area contributed by atoms with Gasteiger partial charge in [-0.15, -0.1) is 0 Å². The van der Waals surface area contributed by atoms with Gasteiger partial charge in [0.25, 0.3) is 0 Å². The number of halogens is 1. The molecule has 0 saturated heterocycles. The van der Waals surface area contributed by atoms with Crippen LogP contribution in [0.25, 0.3) is 0 Å². The lowest BCUT2D eigenvalue weighted by molar-refractivity contribution is -0.107. The Labute approximate surface area is 230 Å². The van der Waals surface area contributed by atoms with Gasteiger partial charge in [0.05, 0.1) is 6.16 Å². The van der Waals surface area contributed by atoms with Crippen LogP contribution in [-0.2, 0) is 9.47 Å². The lowest BCUT2D eigenvalue weighted by Gasteiger charge is -2.31. The molecule has 0 heterocycles. The number of benzene rings is 3. The fraction of sp³-hybridized carbons (Fsp3) is 0.438. The fourth-order valence-corrected chi connectivity index (χ4v) is 10.7. The summed E-state index contributed by atoms with van der Waals surface area (Å²) in [5, 5.41) is 4.65. The van der Waals surface area contributed by atoms with Gasteiger partial charge in [-0.05, 0) is 81.3 Å². The number of rotatable bonds is 14. The number of methoxy groups -OCH3 is 2. The zero-order chi connectivity index (χ0) is 25.1. The normalized spacial score (nSPS) is 11.5. The van der Waals surface area contributed by atoms with Crippen LogP contribution in [-0.4, -0.2) is 26.7 Å². The van der Waals surface area contributed by atoms with E-state index in [1.54, 1.807) is 30.1 Å². The minimum atomic E-state index is -1.78. The van der Waals surface area contributed by atoms with Gasteiger partial charge >= 0.3 is 0 Å². The van der Waals surface area contributed by atoms with E-state index < -0.39 is 7.26 Å². The van der Waals surface area contributed by atoms with Crippen molar-refractivity contribution in [3.8, 4) is 0 Å². The lowest BCUT2D eigenvalue weighted by Crippen LogP contribution is -3.00. The maximum absolute atomic E-state index is 5.32. The first kappa shape index (κ1) is 30.7. The molecule has 0 N–H and O–H groups in total. The summed E-state index contributed by atoms with van der Waals surface area (Å²) >= 11 is 0. The van der Waals surface area contributed by atoms with Crippen molar-refractivity contribution in [3.63, 3.8) is 0 Å². The van der Waals surface area contributed by atoms with Crippen molar-refractivity contribution in [2.75, 3.05) is 20.4 Å². The summed E-state index contributed by atoms with van der Waals surface area (Å²) in [6, 6.07) is 27.4. The van der Waals surface area contributed by atoms with Crippen LogP contribution in [0.2, 0.25) is 0 Å². The van der Waals surface area contributed by atoms with E-state index in [4.69, 9.17) is 9.47 Å². The molecule has 0 saturated carbocycles. The number of ether oxygens (including phenoxy) is 2. The third-order valence-corrected chi connectivity index (χ3v) is 12.2. The Morgan fingerprint density at radius 1 is 0.556 bits per heavy atom. The highest BCUT2D eigenvalue weighted by molar-refractivity contribution is 7.96. The molecule has 0 atom stereocenters. The van der Waals surface area contributed by atoms with Crippen molar-refractivity contribution >= 4 is 23.2 Å². The average molecular weight is 572 g/mol. The molecule has 36 heavy (non-hydrogen) atoms. The quantitative estimate of drug-likeness (QED) is 0.164.